The van der Waals surface area contributed by atoms with Gasteiger partial charge < -0.3 is 5.11 Å². The average Bonchev–Trinajstić information content (AvgIpc) is 2.67. The molecule has 16 heavy (non-hydrogen) atoms. The van der Waals surface area contributed by atoms with Crippen LogP contribution in [0.1, 0.15) is 40.0 Å². The zero-order valence-corrected chi connectivity index (χ0v) is 10.9. The van der Waals surface area contributed by atoms with Crippen molar-refractivity contribution in [2.75, 3.05) is 26.2 Å². The van der Waals surface area contributed by atoms with E-state index in [0.717, 1.165) is 32.0 Å². The second kappa shape index (κ2) is 4.63. The van der Waals surface area contributed by atoms with Gasteiger partial charge in [-0.25, -0.2) is 0 Å². The Morgan fingerprint density at radius 3 is 2.12 bits per heavy atom. The van der Waals surface area contributed by atoms with Crippen molar-refractivity contribution in [2.24, 2.45) is 0 Å². The molecule has 3 nitrogen and oxygen atoms in total. The van der Waals surface area contributed by atoms with E-state index in [0.29, 0.717) is 5.54 Å². The third-order valence-corrected chi connectivity index (χ3v) is 4.13. The number of hydrogen-bond acceptors (Lipinski definition) is 3. The Balaban J connectivity index is 1.84. The van der Waals surface area contributed by atoms with Crippen molar-refractivity contribution in [3.8, 4) is 0 Å². The molecular formula is C13H26N2O. The average molecular weight is 226 g/mol. The maximum absolute atomic E-state index is 9.51. The molecule has 94 valence electrons. The van der Waals surface area contributed by atoms with Crippen molar-refractivity contribution in [1.29, 1.82) is 0 Å². The van der Waals surface area contributed by atoms with Crippen molar-refractivity contribution >= 4 is 0 Å². The van der Waals surface area contributed by atoms with Gasteiger partial charge in [0.2, 0.25) is 0 Å². The van der Waals surface area contributed by atoms with Gasteiger partial charge >= 0.3 is 0 Å². The van der Waals surface area contributed by atoms with Crippen LogP contribution in [0.25, 0.3) is 0 Å². The fourth-order valence-electron chi connectivity index (χ4n) is 2.90. The van der Waals surface area contributed by atoms with Gasteiger partial charge in [-0.15, -0.1) is 0 Å². The smallest absolute Gasteiger partial charge is 0.0564 e. The molecule has 3 heteroatoms. The van der Waals surface area contributed by atoms with Crippen LogP contribution in [0.5, 0.6) is 0 Å². The lowest BCUT2D eigenvalue weighted by molar-refractivity contribution is 0.0584. The first-order valence-electron chi connectivity index (χ1n) is 6.64. The second-order valence-corrected chi connectivity index (χ2v) is 6.33. The highest BCUT2D eigenvalue weighted by Crippen LogP contribution is 2.25. The molecular weight excluding hydrogens is 200 g/mol. The van der Waals surface area contributed by atoms with Crippen LogP contribution in [-0.4, -0.2) is 58.8 Å². The van der Waals surface area contributed by atoms with Gasteiger partial charge in [-0.3, -0.25) is 9.80 Å². The second-order valence-electron chi connectivity index (χ2n) is 6.33. The van der Waals surface area contributed by atoms with Crippen LogP contribution in [-0.2, 0) is 0 Å². The molecule has 0 aromatic rings. The number of likely N-dealkylation sites (tertiary alicyclic amines) is 2. The molecule has 0 bridgehead atoms. The Kier molecular flexibility index (Phi) is 3.57. The molecule has 2 aliphatic heterocycles. The van der Waals surface area contributed by atoms with Gasteiger partial charge in [-0.05, 0) is 40.0 Å². The predicted octanol–water partition coefficient (Wildman–Crippen LogP) is 1.32. The van der Waals surface area contributed by atoms with Crippen LogP contribution in [0.3, 0.4) is 0 Å². The Hall–Kier alpha value is -0.120. The van der Waals surface area contributed by atoms with Crippen LogP contribution in [0.4, 0.5) is 0 Å². The highest BCUT2D eigenvalue weighted by atomic mass is 16.3. The highest BCUT2D eigenvalue weighted by Gasteiger charge is 2.34. The molecule has 1 N–H and O–H groups in total. The molecule has 0 aromatic heterocycles. The van der Waals surface area contributed by atoms with Crippen molar-refractivity contribution in [1.82, 2.24) is 9.80 Å². The number of nitrogens with zero attached hydrogens (tertiary/aromatic N) is 2. The molecule has 0 saturated carbocycles. The minimum Gasteiger partial charge on any atom is -0.393 e. The van der Waals surface area contributed by atoms with Gasteiger partial charge in [0.1, 0.15) is 0 Å². The molecule has 2 rings (SSSR count). The normalized spacial score (nSPS) is 31.1. The molecule has 2 heterocycles. The highest BCUT2D eigenvalue weighted by molar-refractivity contribution is 4.90. The van der Waals surface area contributed by atoms with E-state index in [1.54, 1.807) is 0 Å². The Morgan fingerprint density at radius 1 is 1.00 bits per heavy atom. The van der Waals surface area contributed by atoms with E-state index in [9.17, 15) is 5.11 Å². The van der Waals surface area contributed by atoms with Crippen LogP contribution in [0, 0.1) is 0 Å². The molecule has 0 aromatic carbocycles. The molecule has 2 saturated heterocycles. The van der Waals surface area contributed by atoms with Crippen LogP contribution >= 0.6 is 0 Å². The molecule has 1 unspecified atom stereocenters. The van der Waals surface area contributed by atoms with E-state index in [1.807, 2.05) is 0 Å². The molecule has 2 aliphatic rings. The summed E-state index contributed by atoms with van der Waals surface area (Å²) in [5, 5.41) is 9.51. The summed E-state index contributed by atoms with van der Waals surface area (Å²) >= 11 is 0. The monoisotopic (exact) mass is 226 g/mol. The van der Waals surface area contributed by atoms with Crippen LogP contribution in [0.2, 0.25) is 0 Å². The maximum Gasteiger partial charge on any atom is 0.0564 e. The lowest BCUT2D eigenvalue weighted by Crippen LogP contribution is -2.46. The zero-order chi connectivity index (χ0) is 11.8. The maximum atomic E-state index is 9.51. The van der Waals surface area contributed by atoms with Crippen molar-refractivity contribution in [2.45, 2.75) is 57.7 Å². The summed E-state index contributed by atoms with van der Waals surface area (Å²) in [6.45, 7) is 11.5. The summed E-state index contributed by atoms with van der Waals surface area (Å²) in [6, 6.07) is 0.728. The van der Waals surface area contributed by atoms with Crippen LogP contribution < -0.4 is 0 Å². The zero-order valence-electron chi connectivity index (χ0n) is 10.9. The van der Waals surface area contributed by atoms with E-state index in [1.165, 1.54) is 19.5 Å². The largest absolute Gasteiger partial charge is 0.393 e. The predicted molar refractivity (Wildman–Crippen MR) is 66.5 cm³/mol. The fraction of sp³-hybridized carbons (Fsp3) is 1.00. The Morgan fingerprint density at radius 2 is 1.62 bits per heavy atom. The van der Waals surface area contributed by atoms with E-state index >= 15 is 0 Å². The first-order valence-corrected chi connectivity index (χ1v) is 6.64. The molecule has 0 spiro atoms. The van der Waals surface area contributed by atoms with Gasteiger partial charge in [-0.2, -0.15) is 0 Å². The van der Waals surface area contributed by atoms with Gasteiger partial charge in [0.25, 0.3) is 0 Å². The number of hydrogen-bond donors (Lipinski definition) is 1. The summed E-state index contributed by atoms with van der Waals surface area (Å²) < 4.78 is 0. The minimum absolute atomic E-state index is 0.0450. The van der Waals surface area contributed by atoms with Gasteiger partial charge in [0.15, 0.2) is 0 Å². The van der Waals surface area contributed by atoms with Gasteiger partial charge in [0, 0.05) is 37.8 Å². The molecule has 2 fully saturated rings. The summed E-state index contributed by atoms with van der Waals surface area (Å²) in [6.07, 6.45) is 3.18. The minimum atomic E-state index is -0.0450. The van der Waals surface area contributed by atoms with Crippen molar-refractivity contribution < 1.29 is 5.11 Å². The summed E-state index contributed by atoms with van der Waals surface area (Å²) in [5.74, 6) is 0. The summed E-state index contributed by atoms with van der Waals surface area (Å²) in [7, 11) is 0. The number of rotatable bonds is 1. The molecule has 1 atom stereocenters. The van der Waals surface area contributed by atoms with E-state index in [2.05, 4.69) is 30.6 Å². The molecule has 0 amide bonds. The fourth-order valence-corrected chi connectivity index (χ4v) is 2.90. The quantitative estimate of drug-likeness (QED) is 0.730. The third-order valence-electron chi connectivity index (χ3n) is 4.13. The van der Waals surface area contributed by atoms with E-state index < -0.39 is 0 Å². The number of aliphatic hydroxyl groups excluding tert-OH is 1. The number of aliphatic hydroxyl groups is 1. The van der Waals surface area contributed by atoms with Gasteiger partial charge in [0.05, 0.1) is 6.10 Å². The van der Waals surface area contributed by atoms with Gasteiger partial charge in [-0.1, -0.05) is 0 Å². The lowest BCUT2D eigenvalue weighted by Gasteiger charge is -2.36. The van der Waals surface area contributed by atoms with Crippen LogP contribution in [0.15, 0.2) is 0 Å². The van der Waals surface area contributed by atoms with E-state index in [4.69, 9.17) is 0 Å². The molecule has 0 radical (unpaired) electrons. The number of piperidine rings is 1. The Bertz CT molecular complexity index is 229. The topological polar surface area (TPSA) is 26.7 Å². The Labute approximate surface area is 99.4 Å². The summed E-state index contributed by atoms with van der Waals surface area (Å²) in [5.41, 5.74) is 0.310. The van der Waals surface area contributed by atoms with E-state index in [-0.39, 0.29) is 6.10 Å². The standard InChI is InChI=1S/C13H26N2O/c1-13(2,3)15-9-4-11(10-15)14-7-5-12(16)6-8-14/h11-12,16H,4-10H2,1-3H3. The first-order chi connectivity index (χ1) is 7.47. The molecule has 0 aliphatic carbocycles. The third kappa shape index (κ3) is 2.76. The SMILES string of the molecule is CC(C)(C)N1CCC(N2CCC(O)CC2)C1. The van der Waals surface area contributed by atoms with Crippen molar-refractivity contribution in [3.63, 3.8) is 0 Å². The lowest BCUT2D eigenvalue weighted by atomic mass is 10.0. The summed E-state index contributed by atoms with van der Waals surface area (Å²) in [4.78, 5) is 5.17. The first kappa shape index (κ1) is 12.3. The van der Waals surface area contributed by atoms with Crippen molar-refractivity contribution in [3.05, 3.63) is 0 Å².